The molecule has 1 rings (SSSR count). The molecule has 1 aromatic rings. The molecule has 8 heteroatoms. The Hall–Kier alpha value is -1.54. The number of carbonyl (C=O) groups is 1. The van der Waals surface area contributed by atoms with E-state index < -0.39 is 23.9 Å². The van der Waals surface area contributed by atoms with Crippen LogP contribution in [0.3, 0.4) is 0 Å². The molecule has 0 bridgehead atoms. The zero-order chi connectivity index (χ0) is 13.1. The third kappa shape index (κ3) is 3.75. The maximum Gasteiger partial charge on any atom is 0.431 e. The zero-order valence-corrected chi connectivity index (χ0v) is 8.71. The number of halogens is 3. The van der Waals surface area contributed by atoms with Crippen LogP contribution in [-0.4, -0.2) is 35.2 Å². The van der Waals surface area contributed by atoms with Gasteiger partial charge in [0.25, 0.3) is 5.91 Å². The minimum Gasteiger partial charge on any atom is -0.390 e. The van der Waals surface area contributed by atoms with Crippen molar-refractivity contribution in [3.63, 3.8) is 0 Å². The molecule has 1 aromatic heterocycles. The summed E-state index contributed by atoms with van der Waals surface area (Å²) >= 11 is 0. The van der Waals surface area contributed by atoms with Crippen LogP contribution in [0.1, 0.15) is 16.2 Å². The predicted molar refractivity (Wildman–Crippen MR) is 53.2 cm³/mol. The van der Waals surface area contributed by atoms with Gasteiger partial charge in [0.2, 0.25) is 0 Å². The molecule has 0 aromatic carbocycles. The van der Waals surface area contributed by atoms with Crippen LogP contribution in [0.15, 0.2) is 12.1 Å². The number of aromatic nitrogens is 1. The van der Waals surface area contributed by atoms with Crippen LogP contribution in [0, 0.1) is 0 Å². The first-order valence-corrected chi connectivity index (χ1v) is 4.77. The second-order valence-electron chi connectivity index (χ2n) is 3.38. The monoisotopic (exact) mass is 251 g/mol. The minimum atomic E-state index is -4.52. The Kier molecular flexibility index (Phi) is 4.13. The number of nitrogens with two attached hydrogens (primary N) is 1. The predicted octanol–water partition coefficient (Wildman–Crippen LogP) is 0.0829. The van der Waals surface area contributed by atoms with Gasteiger partial charge in [-0.2, -0.15) is 13.2 Å². The van der Waals surface area contributed by atoms with Crippen molar-refractivity contribution in [3.05, 3.63) is 23.5 Å². The summed E-state index contributed by atoms with van der Waals surface area (Å²) in [5.74, 6) is -0.729. The van der Waals surface area contributed by atoms with Gasteiger partial charge in [0.05, 0.1) is 6.10 Å². The van der Waals surface area contributed by atoms with Gasteiger partial charge in [-0.1, -0.05) is 0 Å². The summed E-state index contributed by atoms with van der Waals surface area (Å²) in [6.07, 6.45) is -5.44. The molecule has 0 saturated carbocycles. The van der Waals surface area contributed by atoms with E-state index in [-0.39, 0.29) is 18.8 Å². The molecule has 0 spiro atoms. The molecule has 0 aliphatic rings. The van der Waals surface area contributed by atoms with Crippen LogP contribution in [0.5, 0.6) is 0 Å². The van der Waals surface area contributed by atoms with E-state index in [2.05, 4.69) is 5.32 Å². The lowest BCUT2D eigenvalue weighted by Crippen LogP contribution is -2.36. The highest BCUT2D eigenvalue weighted by molar-refractivity contribution is 5.92. The Bertz CT molecular complexity index is 389. The van der Waals surface area contributed by atoms with Crippen LogP contribution in [0.2, 0.25) is 0 Å². The SMILES string of the molecule is NCC(O)CNC(=O)c1ccc(C(F)(F)F)[nH]1. The molecule has 0 aliphatic heterocycles. The summed E-state index contributed by atoms with van der Waals surface area (Å²) in [5.41, 5.74) is 3.88. The van der Waals surface area contributed by atoms with Crippen molar-refractivity contribution in [2.24, 2.45) is 5.73 Å². The molecule has 1 unspecified atom stereocenters. The smallest absolute Gasteiger partial charge is 0.390 e. The molecule has 0 aliphatic carbocycles. The lowest BCUT2D eigenvalue weighted by Gasteiger charge is -2.08. The summed E-state index contributed by atoms with van der Waals surface area (Å²) in [6.45, 7) is -0.158. The highest BCUT2D eigenvalue weighted by atomic mass is 19.4. The fourth-order valence-corrected chi connectivity index (χ4v) is 1.08. The van der Waals surface area contributed by atoms with Crippen LogP contribution < -0.4 is 11.1 Å². The van der Waals surface area contributed by atoms with Crippen molar-refractivity contribution in [1.82, 2.24) is 10.3 Å². The normalized spacial score (nSPS) is 13.5. The Balaban J connectivity index is 2.61. The molecule has 1 atom stereocenters. The average Bonchev–Trinajstić information content (AvgIpc) is 2.74. The Labute approximate surface area is 94.8 Å². The van der Waals surface area contributed by atoms with Crippen LogP contribution >= 0.6 is 0 Å². The Morgan fingerprint density at radius 2 is 2.18 bits per heavy atom. The van der Waals surface area contributed by atoms with Crippen LogP contribution in [0.25, 0.3) is 0 Å². The second-order valence-corrected chi connectivity index (χ2v) is 3.38. The molecule has 5 N–H and O–H groups in total. The quantitative estimate of drug-likeness (QED) is 0.611. The number of rotatable bonds is 4. The van der Waals surface area contributed by atoms with Gasteiger partial charge in [0, 0.05) is 13.1 Å². The van der Waals surface area contributed by atoms with Crippen molar-refractivity contribution >= 4 is 5.91 Å². The molecule has 5 nitrogen and oxygen atoms in total. The lowest BCUT2D eigenvalue weighted by atomic mass is 10.3. The first-order chi connectivity index (χ1) is 7.84. The van der Waals surface area contributed by atoms with Gasteiger partial charge >= 0.3 is 6.18 Å². The van der Waals surface area contributed by atoms with Gasteiger partial charge in [-0.25, -0.2) is 0 Å². The molecule has 1 heterocycles. The number of H-pyrrole nitrogens is 1. The first-order valence-electron chi connectivity index (χ1n) is 4.77. The van der Waals surface area contributed by atoms with Gasteiger partial charge in [-0.15, -0.1) is 0 Å². The number of nitrogens with one attached hydrogen (secondary N) is 2. The third-order valence-corrected chi connectivity index (χ3v) is 2.01. The molecule has 96 valence electrons. The number of aliphatic hydroxyl groups excluding tert-OH is 1. The van der Waals surface area contributed by atoms with Gasteiger partial charge in [0.15, 0.2) is 0 Å². The molecular formula is C9H12F3N3O2. The van der Waals surface area contributed by atoms with E-state index in [0.717, 1.165) is 12.1 Å². The molecule has 0 saturated heterocycles. The summed E-state index contributed by atoms with van der Waals surface area (Å²) in [5, 5.41) is 11.3. The highest BCUT2D eigenvalue weighted by Crippen LogP contribution is 2.28. The minimum absolute atomic E-state index is 0.0428. The van der Waals surface area contributed by atoms with Crippen molar-refractivity contribution in [2.75, 3.05) is 13.1 Å². The number of hydrogen-bond donors (Lipinski definition) is 4. The average molecular weight is 251 g/mol. The second kappa shape index (κ2) is 5.19. The van der Waals surface area contributed by atoms with Gasteiger partial charge in [-0.05, 0) is 12.1 Å². The number of amides is 1. The Morgan fingerprint density at radius 3 is 2.65 bits per heavy atom. The number of alkyl halides is 3. The van der Waals surface area contributed by atoms with Gasteiger partial charge in [-0.3, -0.25) is 4.79 Å². The van der Waals surface area contributed by atoms with Crippen LogP contribution in [-0.2, 0) is 6.18 Å². The fraction of sp³-hybridized carbons (Fsp3) is 0.444. The maximum atomic E-state index is 12.2. The number of carbonyl (C=O) groups excluding carboxylic acids is 1. The summed E-state index contributed by atoms with van der Waals surface area (Å²) < 4.78 is 36.6. The van der Waals surface area contributed by atoms with Crippen molar-refractivity contribution in [1.29, 1.82) is 0 Å². The van der Waals surface area contributed by atoms with Crippen LogP contribution in [0.4, 0.5) is 13.2 Å². The molecular weight excluding hydrogens is 239 g/mol. The van der Waals surface area contributed by atoms with Crippen molar-refractivity contribution < 1.29 is 23.1 Å². The molecule has 1 amide bonds. The lowest BCUT2D eigenvalue weighted by molar-refractivity contribution is -0.140. The molecule has 0 radical (unpaired) electrons. The van der Waals surface area contributed by atoms with Crippen molar-refractivity contribution in [2.45, 2.75) is 12.3 Å². The van der Waals surface area contributed by atoms with E-state index in [0.29, 0.717) is 0 Å². The Morgan fingerprint density at radius 1 is 1.53 bits per heavy atom. The largest absolute Gasteiger partial charge is 0.431 e. The van der Waals surface area contributed by atoms with Gasteiger partial charge < -0.3 is 21.1 Å². The van der Waals surface area contributed by atoms with Crippen molar-refractivity contribution in [3.8, 4) is 0 Å². The highest BCUT2D eigenvalue weighted by Gasteiger charge is 2.32. The third-order valence-electron chi connectivity index (χ3n) is 2.01. The van der Waals surface area contributed by atoms with E-state index >= 15 is 0 Å². The number of hydrogen-bond acceptors (Lipinski definition) is 3. The first kappa shape index (κ1) is 13.5. The standard InChI is InChI=1S/C9H12F3N3O2/c10-9(11,12)7-2-1-6(15-7)8(17)14-4-5(16)3-13/h1-2,5,15-16H,3-4,13H2,(H,14,17). The summed E-state index contributed by atoms with van der Waals surface area (Å²) in [4.78, 5) is 13.3. The number of aromatic amines is 1. The fourth-order valence-electron chi connectivity index (χ4n) is 1.08. The molecule has 0 fully saturated rings. The van der Waals surface area contributed by atoms with E-state index in [1.807, 2.05) is 4.98 Å². The topological polar surface area (TPSA) is 91.1 Å². The van der Waals surface area contributed by atoms with Gasteiger partial charge in [0.1, 0.15) is 11.4 Å². The number of aliphatic hydroxyl groups is 1. The van der Waals surface area contributed by atoms with E-state index in [4.69, 9.17) is 10.8 Å². The maximum absolute atomic E-state index is 12.2. The van der Waals surface area contributed by atoms with E-state index in [1.54, 1.807) is 0 Å². The summed E-state index contributed by atoms with van der Waals surface area (Å²) in [6, 6.07) is 1.79. The summed E-state index contributed by atoms with van der Waals surface area (Å²) in [7, 11) is 0. The zero-order valence-electron chi connectivity index (χ0n) is 8.71. The van der Waals surface area contributed by atoms with E-state index in [1.165, 1.54) is 0 Å². The molecule has 17 heavy (non-hydrogen) atoms. The van der Waals surface area contributed by atoms with E-state index in [9.17, 15) is 18.0 Å².